The van der Waals surface area contributed by atoms with Crippen molar-refractivity contribution < 1.29 is 0 Å². The van der Waals surface area contributed by atoms with Gasteiger partial charge in [-0.3, -0.25) is 9.36 Å². The van der Waals surface area contributed by atoms with Crippen LogP contribution in [0.3, 0.4) is 0 Å². The third kappa shape index (κ3) is 3.00. The zero-order chi connectivity index (χ0) is 13.1. The van der Waals surface area contributed by atoms with Gasteiger partial charge in [-0.1, -0.05) is 19.3 Å². The average Bonchev–Trinajstić information content (AvgIpc) is 3.09. The van der Waals surface area contributed by atoms with Crippen LogP contribution in [0.5, 0.6) is 0 Å². The van der Waals surface area contributed by atoms with Crippen LogP contribution in [-0.2, 0) is 12.4 Å². The predicted molar refractivity (Wildman–Crippen MR) is 75.2 cm³/mol. The van der Waals surface area contributed by atoms with Gasteiger partial charge < -0.3 is 0 Å². The Hall–Kier alpha value is -1.29. The predicted octanol–water partition coefficient (Wildman–Crippen LogP) is 3.37. The highest BCUT2D eigenvalue weighted by molar-refractivity contribution is 6.17. The minimum Gasteiger partial charge on any atom is -0.269 e. The van der Waals surface area contributed by atoms with E-state index in [0.29, 0.717) is 11.9 Å². The summed E-state index contributed by atoms with van der Waals surface area (Å²) in [6, 6.07) is 2.69. The molecule has 0 aliphatic heterocycles. The maximum Gasteiger partial charge on any atom is 0.0849 e. The second-order valence-corrected chi connectivity index (χ2v) is 5.53. The molecule has 0 aromatic carbocycles. The Morgan fingerprint density at radius 1 is 1.26 bits per heavy atom. The first-order valence-electron chi connectivity index (χ1n) is 6.96. The molecule has 1 fully saturated rings. The Bertz CT molecular complexity index is 525. The fraction of sp³-hybridized carbons (Fsp3) is 0.571. The molecule has 19 heavy (non-hydrogen) atoms. The fourth-order valence-electron chi connectivity index (χ4n) is 2.74. The SMILES string of the molecule is ClCc1cnn(Cc2ccn(C3CCCCC3)n2)c1. The highest BCUT2D eigenvalue weighted by Gasteiger charge is 2.16. The van der Waals surface area contributed by atoms with Crippen LogP contribution in [0.15, 0.2) is 24.7 Å². The van der Waals surface area contributed by atoms with Crippen molar-refractivity contribution in [3.05, 3.63) is 35.9 Å². The second kappa shape index (κ2) is 5.78. The summed E-state index contributed by atoms with van der Waals surface area (Å²) >= 11 is 5.78. The number of hydrogen-bond donors (Lipinski definition) is 0. The molecule has 0 saturated heterocycles. The first-order chi connectivity index (χ1) is 9.35. The second-order valence-electron chi connectivity index (χ2n) is 5.26. The van der Waals surface area contributed by atoms with E-state index in [1.54, 1.807) is 0 Å². The Labute approximate surface area is 118 Å². The van der Waals surface area contributed by atoms with Crippen molar-refractivity contribution in [3.8, 4) is 0 Å². The molecule has 0 unspecified atom stereocenters. The molecule has 0 bridgehead atoms. The van der Waals surface area contributed by atoms with Crippen LogP contribution in [0, 0.1) is 0 Å². The molecular formula is C14H19ClN4. The van der Waals surface area contributed by atoms with Gasteiger partial charge in [0.05, 0.1) is 30.4 Å². The van der Waals surface area contributed by atoms with Crippen molar-refractivity contribution in [2.45, 2.75) is 50.6 Å². The summed E-state index contributed by atoms with van der Waals surface area (Å²) in [5.74, 6) is 0.510. The van der Waals surface area contributed by atoms with Crippen LogP contribution < -0.4 is 0 Å². The van der Waals surface area contributed by atoms with Crippen molar-refractivity contribution in [1.82, 2.24) is 19.6 Å². The van der Waals surface area contributed by atoms with Crippen LogP contribution in [0.2, 0.25) is 0 Å². The number of alkyl halides is 1. The lowest BCUT2D eigenvalue weighted by Gasteiger charge is -2.21. The van der Waals surface area contributed by atoms with Crippen molar-refractivity contribution in [2.75, 3.05) is 0 Å². The van der Waals surface area contributed by atoms with E-state index in [9.17, 15) is 0 Å². The van der Waals surface area contributed by atoms with Crippen molar-refractivity contribution in [1.29, 1.82) is 0 Å². The smallest absolute Gasteiger partial charge is 0.0849 e. The van der Waals surface area contributed by atoms with Crippen molar-refractivity contribution >= 4 is 11.6 Å². The lowest BCUT2D eigenvalue weighted by Crippen LogP contribution is -2.13. The normalized spacial score (nSPS) is 16.9. The minimum absolute atomic E-state index is 0.510. The largest absolute Gasteiger partial charge is 0.269 e. The number of hydrogen-bond acceptors (Lipinski definition) is 2. The highest BCUT2D eigenvalue weighted by atomic mass is 35.5. The molecule has 2 heterocycles. The summed E-state index contributed by atoms with van der Waals surface area (Å²) in [7, 11) is 0. The zero-order valence-electron chi connectivity index (χ0n) is 11.0. The first kappa shape index (κ1) is 12.7. The molecule has 1 aliphatic rings. The van der Waals surface area contributed by atoms with Crippen LogP contribution >= 0.6 is 11.6 Å². The first-order valence-corrected chi connectivity index (χ1v) is 7.50. The van der Waals surface area contributed by atoms with E-state index in [2.05, 4.69) is 27.1 Å². The number of nitrogens with zero attached hydrogens (tertiary/aromatic N) is 4. The van der Waals surface area contributed by atoms with Gasteiger partial charge in [0, 0.05) is 18.0 Å². The molecule has 0 radical (unpaired) electrons. The van der Waals surface area contributed by atoms with Gasteiger partial charge in [0.2, 0.25) is 0 Å². The van der Waals surface area contributed by atoms with E-state index < -0.39 is 0 Å². The number of halogens is 1. The lowest BCUT2D eigenvalue weighted by molar-refractivity contribution is 0.327. The maximum absolute atomic E-state index is 5.78. The van der Waals surface area contributed by atoms with Crippen LogP contribution in [-0.4, -0.2) is 19.6 Å². The summed E-state index contributed by atoms with van der Waals surface area (Å²) in [6.07, 6.45) is 12.5. The molecule has 0 spiro atoms. The van der Waals surface area contributed by atoms with Gasteiger partial charge in [-0.2, -0.15) is 10.2 Å². The van der Waals surface area contributed by atoms with E-state index in [1.807, 2.05) is 17.1 Å². The molecule has 1 aliphatic carbocycles. The topological polar surface area (TPSA) is 35.6 Å². The van der Waals surface area contributed by atoms with E-state index in [4.69, 9.17) is 11.6 Å². The summed E-state index contributed by atoms with van der Waals surface area (Å²) in [5.41, 5.74) is 2.11. The van der Waals surface area contributed by atoms with Crippen molar-refractivity contribution in [2.24, 2.45) is 0 Å². The lowest BCUT2D eigenvalue weighted by atomic mass is 9.96. The minimum atomic E-state index is 0.510. The fourth-order valence-corrected chi connectivity index (χ4v) is 2.88. The van der Waals surface area contributed by atoms with Gasteiger partial charge in [0.1, 0.15) is 0 Å². The molecule has 102 valence electrons. The Balaban J connectivity index is 1.67. The molecule has 0 atom stereocenters. The van der Waals surface area contributed by atoms with E-state index in [-0.39, 0.29) is 0 Å². The summed E-state index contributed by atoms with van der Waals surface area (Å²) < 4.78 is 4.03. The molecule has 2 aromatic rings. The van der Waals surface area contributed by atoms with Crippen LogP contribution in [0.25, 0.3) is 0 Å². The summed E-state index contributed by atoms with van der Waals surface area (Å²) in [5, 5.41) is 8.97. The Morgan fingerprint density at radius 3 is 2.84 bits per heavy atom. The van der Waals surface area contributed by atoms with Gasteiger partial charge in [-0.25, -0.2) is 0 Å². The van der Waals surface area contributed by atoms with Gasteiger partial charge in [0.25, 0.3) is 0 Å². The number of rotatable bonds is 4. The monoisotopic (exact) mass is 278 g/mol. The molecule has 4 nitrogen and oxygen atoms in total. The quantitative estimate of drug-likeness (QED) is 0.804. The molecular weight excluding hydrogens is 260 g/mol. The number of aromatic nitrogens is 4. The Morgan fingerprint density at radius 2 is 2.11 bits per heavy atom. The van der Waals surface area contributed by atoms with Gasteiger partial charge in [-0.05, 0) is 18.9 Å². The Kier molecular flexibility index (Phi) is 3.87. The molecule has 0 amide bonds. The maximum atomic E-state index is 5.78. The molecule has 5 heteroatoms. The van der Waals surface area contributed by atoms with Gasteiger partial charge in [-0.15, -0.1) is 11.6 Å². The van der Waals surface area contributed by atoms with Gasteiger partial charge >= 0.3 is 0 Å². The van der Waals surface area contributed by atoms with Crippen LogP contribution in [0.4, 0.5) is 0 Å². The molecule has 0 N–H and O–H groups in total. The van der Waals surface area contributed by atoms with Crippen LogP contribution in [0.1, 0.15) is 49.4 Å². The van der Waals surface area contributed by atoms with E-state index in [0.717, 1.165) is 17.8 Å². The van der Waals surface area contributed by atoms with Gasteiger partial charge in [0.15, 0.2) is 0 Å². The summed E-state index contributed by atoms with van der Waals surface area (Å²) in [6.45, 7) is 0.719. The third-order valence-electron chi connectivity index (χ3n) is 3.78. The van der Waals surface area contributed by atoms with Crippen molar-refractivity contribution in [3.63, 3.8) is 0 Å². The van der Waals surface area contributed by atoms with E-state index >= 15 is 0 Å². The molecule has 1 saturated carbocycles. The zero-order valence-corrected chi connectivity index (χ0v) is 11.8. The standard InChI is InChI=1S/C14H19ClN4/c15-8-12-9-16-18(10-12)11-13-6-7-19(17-13)14-4-2-1-3-5-14/h6-7,9-10,14H,1-5,8,11H2. The van der Waals surface area contributed by atoms with E-state index in [1.165, 1.54) is 32.1 Å². The average molecular weight is 279 g/mol. The molecule has 2 aromatic heterocycles. The summed E-state index contributed by atoms with van der Waals surface area (Å²) in [4.78, 5) is 0. The third-order valence-corrected chi connectivity index (χ3v) is 4.09. The highest BCUT2D eigenvalue weighted by Crippen LogP contribution is 2.27. The molecule has 3 rings (SSSR count).